The summed E-state index contributed by atoms with van der Waals surface area (Å²) in [5, 5.41) is 0. The molecule has 104 valence electrons. The van der Waals surface area contributed by atoms with Gasteiger partial charge in [0.2, 0.25) is 0 Å². The third kappa shape index (κ3) is 3.65. The molecule has 0 heterocycles. The molecule has 2 heteroatoms. The molecular weight excluding hydrogens is 239 g/mol. The summed E-state index contributed by atoms with van der Waals surface area (Å²) in [6.45, 7) is 3.69. The third-order valence-corrected chi connectivity index (χ3v) is 4.16. The molecule has 1 aromatic carbocycles. The van der Waals surface area contributed by atoms with Gasteiger partial charge in [-0.1, -0.05) is 44.6 Å². The zero-order valence-electron chi connectivity index (χ0n) is 12.0. The fraction of sp³-hybridized carbons (Fsp3) is 0.588. The first kappa shape index (κ1) is 14.2. The summed E-state index contributed by atoms with van der Waals surface area (Å²) in [5.74, 6) is 0.0909. The Morgan fingerprint density at radius 3 is 2.37 bits per heavy atom. The van der Waals surface area contributed by atoms with Gasteiger partial charge in [0.1, 0.15) is 5.82 Å². The molecule has 0 spiro atoms. The molecule has 0 aromatic heterocycles. The van der Waals surface area contributed by atoms with Gasteiger partial charge in [0, 0.05) is 6.42 Å². The molecule has 0 aliphatic heterocycles. The van der Waals surface area contributed by atoms with Gasteiger partial charge in [-0.3, -0.25) is 4.79 Å². The van der Waals surface area contributed by atoms with E-state index in [-0.39, 0.29) is 11.6 Å². The second-order valence-electron chi connectivity index (χ2n) is 5.92. The van der Waals surface area contributed by atoms with Crippen molar-refractivity contribution in [2.75, 3.05) is 0 Å². The number of rotatable bonds is 3. The van der Waals surface area contributed by atoms with Crippen LogP contribution in [0.4, 0.5) is 4.39 Å². The first-order valence-electron chi connectivity index (χ1n) is 7.38. The Labute approximate surface area is 115 Å². The minimum atomic E-state index is -0.351. The molecule has 1 aromatic rings. The summed E-state index contributed by atoms with van der Waals surface area (Å²) < 4.78 is 14.0. The van der Waals surface area contributed by atoms with Gasteiger partial charge in [0.25, 0.3) is 0 Å². The summed E-state index contributed by atoms with van der Waals surface area (Å²) in [6, 6.07) is 3.36. The number of benzene rings is 1. The van der Waals surface area contributed by atoms with E-state index in [4.69, 9.17) is 0 Å². The highest BCUT2D eigenvalue weighted by Gasteiger charge is 2.20. The van der Waals surface area contributed by atoms with Crippen LogP contribution in [0, 0.1) is 25.6 Å². The molecule has 0 atom stereocenters. The van der Waals surface area contributed by atoms with Gasteiger partial charge in [-0.25, -0.2) is 4.39 Å². The van der Waals surface area contributed by atoms with Crippen molar-refractivity contribution in [3.63, 3.8) is 0 Å². The first-order valence-corrected chi connectivity index (χ1v) is 7.38. The predicted molar refractivity (Wildman–Crippen MR) is 76.0 cm³/mol. The van der Waals surface area contributed by atoms with Crippen LogP contribution in [-0.4, -0.2) is 5.78 Å². The van der Waals surface area contributed by atoms with E-state index >= 15 is 0 Å². The number of hydrogen-bond acceptors (Lipinski definition) is 1. The van der Waals surface area contributed by atoms with Gasteiger partial charge >= 0.3 is 0 Å². The monoisotopic (exact) mass is 262 g/mol. The number of halogens is 1. The minimum absolute atomic E-state index is 0.0121. The lowest BCUT2D eigenvalue weighted by molar-refractivity contribution is 0.0952. The van der Waals surface area contributed by atoms with Crippen LogP contribution in [0.5, 0.6) is 0 Å². The van der Waals surface area contributed by atoms with E-state index in [1.54, 1.807) is 0 Å². The van der Waals surface area contributed by atoms with Crippen LogP contribution < -0.4 is 0 Å². The van der Waals surface area contributed by atoms with Crippen molar-refractivity contribution in [2.24, 2.45) is 5.92 Å². The summed E-state index contributed by atoms with van der Waals surface area (Å²) in [5.41, 5.74) is 1.96. The number of Topliss-reactive ketones (excluding diaryl/α,β-unsaturated/α-hetero) is 1. The van der Waals surface area contributed by atoms with Gasteiger partial charge in [-0.15, -0.1) is 0 Å². The van der Waals surface area contributed by atoms with E-state index in [1.807, 2.05) is 19.9 Å². The summed E-state index contributed by atoms with van der Waals surface area (Å²) >= 11 is 0. The lowest BCUT2D eigenvalue weighted by Crippen LogP contribution is -2.12. The largest absolute Gasteiger partial charge is 0.294 e. The molecule has 2 rings (SSSR count). The van der Waals surface area contributed by atoms with E-state index in [1.165, 1.54) is 31.7 Å². The Kier molecular flexibility index (Phi) is 4.73. The SMILES string of the molecule is Cc1cc(C)c(C(=O)CC2CCCCCC2)c(F)c1. The molecule has 0 amide bonds. The lowest BCUT2D eigenvalue weighted by atomic mass is 9.90. The van der Waals surface area contributed by atoms with E-state index in [0.717, 1.165) is 24.0 Å². The van der Waals surface area contributed by atoms with Crippen LogP contribution in [0.15, 0.2) is 12.1 Å². The van der Waals surface area contributed by atoms with Crippen molar-refractivity contribution >= 4 is 5.78 Å². The van der Waals surface area contributed by atoms with Gasteiger partial charge in [-0.05, 0) is 37.0 Å². The quantitative estimate of drug-likeness (QED) is 0.554. The Bertz CT molecular complexity index is 433. The van der Waals surface area contributed by atoms with Crippen LogP contribution in [0.25, 0.3) is 0 Å². The molecule has 1 fully saturated rings. The second-order valence-corrected chi connectivity index (χ2v) is 5.92. The fourth-order valence-corrected chi connectivity index (χ4v) is 3.20. The molecular formula is C17H23FO. The lowest BCUT2D eigenvalue weighted by Gasteiger charge is -2.14. The highest BCUT2D eigenvalue weighted by atomic mass is 19.1. The van der Waals surface area contributed by atoms with Crippen molar-refractivity contribution in [1.82, 2.24) is 0 Å². The predicted octanol–water partition coefficient (Wildman–Crippen LogP) is 4.99. The average Bonchev–Trinajstić information content (AvgIpc) is 2.56. The number of carbonyl (C=O) groups excluding carboxylic acids is 1. The topological polar surface area (TPSA) is 17.1 Å². The molecule has 19 heavy (non-hydrogen) atoms. The number of ketones is 1. The zero-order valence-corrected chi connectivity index (χ0v) is 12.0. The molecule has 0 N–H and O–H groups in total. The van der Waals surface area contributed by atoms with Crippen molar-refractivity contribution < 1.29 is 9.18 Å². The molecule has 0 saturated heterocycles. The minimum Gasteiger partial charge on any atom is -0.294 e. The van der Waals surface area contributed by atoms with Crippen molar-refractivity contribution in [3.8, 4) is 0 Å². The van der Waals surface area contributed by atoms with Gasteiger partial charge < -0.3 is 0 Å². The van der Waals surface area contributed by atoms with Crippen molar-refractivity contribution in [1.29, 1.82) is 0 Å². The van der Waals surface area contributed by atoms with Crippen LogP contribution in [0.2, 0.25) is 0 Å². The van der Waals surface area contributed by atoms with Crippen LogP contribution in [0.3, 0.4) is 0 Å². The molecule has 0 bridgehead atoms. The Morgan fingerprint density at radius 2 is 1.79 bits per heavy atom. The van der Waals surface area contributed by atoms with E-state index in [9.17, 15) is 9.18 Å². The highest BCUT2D eigenvalue weighted by Crippen LogP contribution is 2.28. The zero-order chi connectivity index (χ0) is 13.8. The summed E-state index contributed by atoms with van der Waals surface area (Å²) in [7, 11) is 0. The summed E-state index contributed by atoms with van der Waals surface area (Å²) in [4.78, 5) is 12.3. The van der Waals surface area contributed by atoms with E-state index in [2.05, 4.69) is 0 Å². The maximum absolute atomic E-state index is 14.0. The molecule has 1 saturated carbocycles. The van der Waals surface area contributed by atoms with Crippen LogP contribution >= 0.6 is 0 Å². The maximum Gasteiger partial charge on any atom is 0.166 e. The molecule has 1 nitrogen and oxygen atoms in total. The average molecular weight is 262 g/mol. The van der Waals surface area contributed by atoms with Gasteiger partial charge in [0.15, 0.2) is 5.78 Å². The highest BCUT2D eigenvalue weighted by molar-refractivity contribution is 5.97. The Morgan fingerprint density at radius 1 is 1.16 bits per heavy atom. The van der Waals surface area contributed by atoms with E-state index in [0.29, 0.717) is 17.9 Å². The van der Waals surface area contributed by atoms with Crippen molar-refractivity contribution in [2.45, 2.75) is 58.8 Å². The standard InChI is InChI=1S/C17H23FO/c1-12-9-13(2)17(15(18)10-12)16(19)11-14-7-5-3-4-6-8-14/h9-10,14H,3-8,11H2,1-2H3. The molecule has 0 radical (unpaired) electrons. The summed E-state index contributed by atoms with van der Waals surface area (Å²) in [6.07, 6.45) is 7.75. The Balaban J connectivity index is 2.11. The number of aryl methyl sites for hydroxylation is 2. The smallest absolute Gasteiger partial charge is 0.166 e. The van der Waals surface area contributed by atoms with Crippen LogP contribution in [0.1, 0.15) is 66.4 Å². The number of hydrogen-bond donors (Lipinski definition) is 0. The molecule has 1 aliphatic rings. The van der Waals surface area contributed by atoms with Gasteiger partial charge in [-0.2, -0.15) is 0 Å². The van der Waals surface area contributed by atoms with Crippen LogP contribution in [-0.2, 0) is 0 Å². The molecule has 1 aliphatic carbocycles. The second kappa shape index (κ2) is 6.31. The maximum atomic E-state index is 14.0. The fourth-order valence-electron chi connectivity index (χ4n) is 3.20. The Hall–Kier alpha value is -1.18. The van der Waals surface area contributed by atoms with E-state index < -0.39 is 0 Å². The third-order valence-electron chi connectivity index (χ3n) is 4.16. The van der Waals surface area contributed by atoms with Crippen molar-refractivity contribution in [3.05, 3.63) is 34.6 Å². The van der Waals surface area contributed by atoms with Gasteiger partial charge in [0.05, 0.1) is 5.56 Å². The first-order chi connectivity index (χ1) is 9.08. The number of carbonyl (C=O) groups is 1. The normalized spacial score (nSPS) is 17.2. The molecule has 0 unspecified atom stereocenters.